The Balaban J connectivity index is 2.07. The van der Waals surface area contributed by atoms with Crippen molar-refractivity contribution in [2.75, 3.05) is 12.8 Å². The molecule has 0 saturated heterocycles. The Hall–Kier alpha value is -4.46. The van der Waals surface area contributed by atoms with Crippen molar-refractivity contribution in [2.24, 2.45) is 0 Å². The van der Waals surface area contributed by atoms with Crippen LogP contribution in [0.1, 0.15) is 16.1 Å². The number of carbonyl (C=O) groups is 1. The van der Waals surface area contributed by atoms with Gasteiger partial charge < -0.3 is 19.5 Å². The summed E-state index contributed by atoms with van der Waals surface area (Å²) in [4.78, 5) is 24.8. The molecule has 11 nitrogen and oxygen atoms in total. The summed E-state index contributed by atoms with van der Waals surface area (Å²) in [5, 5.41) is 22.9. The number of anilines is 1. The molecule has 0 spiro atoms. The quantitative estimate of drug-likeness (QED) is 0.495. The van der Waals surface area contributed by atoms with E-state index in [9.17, 15) is 14.9 Å². The smallest absolute Gasteiger partial charge is 0.357 e. The van der Waals surface area contributed by atoms with E-state index >= 15 is 0 Å². The molecule has 0 radical (unpaired) electrons. The molecule has 28 heavy (non-hydrogen) atoms. The van der Waals surface area contributed by atoms with Gasteiger partial charge in [-0.2, -0.15) is 10.5 Å². The molecule has 3 heterocycles. The Morgan fingerprint density at radius 3 is 2.93 bits per heavy atom. The second-order valence-corrected chi connectivity index (χ2v) is 5.64. The molecule has 138 valence electrons. The van der Waals surface area contributed by atoms with Crippen LogP contribution >= 0.6 is 0 Å². The number of hydrogen-bond donors (Lipinski definition) is 2. The molecule has 3 aromatic heterocycles. The largest absolute Gasteiger partial charge is 0.464 e. The Labute approximate surface area is 155 Å². The van der Waals surface area contributed by atoms with Gasteiger partial charge in [-0.15, -0.1) is 10.2 Å². The molecule has 3 N–H and O–H groups in total. The van der Waals surface area contributed by atoms with Crippen LogP contribution in [0.15, 0.2) is 39.7 Å². The molecule has 0 aliphatic heterocycles. The highest BCUT2D eigenvalue weighted by molar-refractivity contribution is 5.97. The average molecular weight is 377 g/mol. The molecule has 11 heteroatoms. The number of carbonyl (C=O) groups excluding carboxylic acids is 1. The van der Waals surface area contributed by atoms with E-state index in [4.69, 9.17) is 14.9 Å². The third-order valence-electron chi connectivity index (χ3n) is 4.10. The highest BCUT2D eigenvalue weighted by Crippen LogP contribution is 2.30. The molecule has 4 rings (SSSR count). The Morgan fingerprint density at radius 2 is 2.25 bits per heavy atom. The SMILES string of the molecule is COC(=O)c1c(N)c(C#N)cn1-c1cccc2c(=O)cc(-c3nn[nH]n3)oc12. The highest BCUT2D eigenvalue weighted by atomic mass is 16.5. The summed E-state index contributed by atoms with van der Waals surface area (Å²) in [6.45, 7) is 0. The highest BCUT2D eigenvalue weighted by Gasteiger charge is 2.24. The lowest BCUT2D eigenvalue weighted by Crippen LogP contribution is -2.12. The van der Waals surface area contributed by atoms with Crippen molar-refractivity contribution < 1.29 is 13.9 Å². The maximum absolute atomic E-state index is 12.6. The van der Waals surface area contributed by atoms with Gasteiger partial charge in [-0.05, 0) is 17.3 Å². The first-order valence-electron chi connectivity index (χ1n) is 7.85. The third-order valence-corrected chi connectivity index (χ3v) is 4.10. The zero-order valence-electron chi connectivity index (χ0n) is 14.3. The molecule has 4 aromatic rings. The first-order chi connectivity index (χ1) is 13.5. The van der Waals surface area contributed by atoms with Crippen molar-refractivity contribution in [3.8, 4) is 23.3 Å². The number of ether oxygens (including phenoxy) is 1. The summed E-state index contributed by atoms with van der Waals surface area (Å²) in [7, 11) is 1.20. The zero-order chi connectivity index (χ0) is 19.8. The van der Waals surface area contributed by atoms with Gasteiger partial charge >= 0.3 is 5.97 Å². The lowest BCUT2D eigenvalue weighted by atomic mass is 10.2. The minimum Gasteiger partial charge on any atom is -0.464 e. The van der Waals surface area contributed by atoms with E-state index in [0.29, 0.717) is 5.69 Å². The van der Waals surface area contributed by atoms with Crippen molar-refractivity contribution in [2.45, 2.75) is 0 Å². The minimum absolute atomic E-state index is 0.0389. The Morgan fingerprint density at radius 1 is 1.43 bits per heavy atom. The second kappa shape index (κ2) is 6.36. The number of esters is 1. The topological polar surface area (TPSA) is 166 Å². The maximum Gasteiger partial charge on any atom is 0.357 e. The molecule has 0 aliphatic carbocycles. The number of nitrogens with one attached hydrogen (secondary N) is 1. The summed E-state index contributed by atoms with van der Waals surface area (Å²) in [6, 6.07) is 7.96. The summed E-state index contributed by atoms with van der Waals surface area (Å²) in [6.07, 6.45) is 1.37. The fourth-order valence-electron chi connectivity index (χ4n) is 2.83. The van der Waals surface area contributed by atoms with Gasteiger partial charge in [-0.25, -0.2) is 4.79 Å². The molecule has 0 fully saturated rings. The fourth-order valence-corrected chi connectivity index (χ4v) is 2.83. The number of nitriles is 1. The van der Waals surface area contributed by atoms with Crippen LogP contribution in [-0.2, 0) is 4.74 Å². The van der Waals surface area contributed by atoms with E-state index in [-0.39, 0.29) is 44.9 Å². The van der Waals surface area contributed by atoms with E-state index in [1.165, 1.54) is 23.9 Å². The monoisotopic (exact) mass is 377 g/mol. The van der Waals surface area contributed by atoms with Crippen LogP contribution in [0.25, 0.3) is 28.2 Å². The van der Waals surface area contributed by atoms with Crippen LogP contribution in [0.2, 0.25) is 0 Å². The number of rotatable bonds is 3. The van der Waals surface area contributed by atoms with E-state index < -0.39 is 5.97 Å². The van der Waals surface area contributed by atoms with Crippen LogP contribution in [0.4, 0.5) is 5.69 Å². The first kappa shape index (κ1) is 17.0. The van der Waals surface area contributed by atoms with Crippen molar-refractivity contribution >= 4 is 22.6 Å². The summed E-state index contributed by atoms with van der Waals surface area (Å²) < 4.78 is 12.0. The number of benzene rings is 1. The lowest BCUT2D eigenvalue weighted by Gasteiger charge is -2.11. The first-order valence-corrected chi connectivity index (χ1v) is 7.85. The van der Waals surface area contributed by atoms with E-state index in [1.807, 2.05) is 6.07 Å². The van der Waals surface area contributed by atoms with Gasteiger partial charge in [0.05, 0.1) is 29.4 Å². The fraction of sp³-hybridized carbons (Fsp3) is 0.0588. The molecule has 0 bridgehead atoms. The second-order valence-electron chi connectivity index (χ2n) is 5.64. The summed E-state index contributed by atoms with van der Waals surface area (Å²) in [5.74, 6) is -0.571. The van der Waals surface area contributed by atoms with E-state index in [0.717, 1.165) is 0 Å². The number of H-pyrrole nitrogens is 1. The van der Waals surface area contributed by atoms with Gasteiger partial charge in [0.25, 0.3) is 0 Å². The number of fused-ring (bicyclic) bond motifs is 1. The van der Waals surface area contributed by atoms with Gasteiger partial charge in [0.2, 0.25) is 5.82 Å². The zero-order valence-corrected chi connectivity index (χ0v) is 14.3. The van der Waals surface area contributed by atoms with Crippen LogP contribution in [0.5, 0.6) is 0 Å². The number of hydrogen-bond acceptors (Lipinski definition) is 9. The Kier molecular flexibility index (Phi) is 3.86. The number of nitrogen functional groups attached to an aromatic ring is 1. The molecule has 1 aromatic carbocycles. The standard InChI is InChI=1S/C17H11N7O4/c1-27-17(26)14-13(19)8(6-18)7-24(14)10-4-2-3-9-11(25)5-12(28-15(9)10)16-20-22-23-21-16/h2-5,7H,19H2,1H3,(H,20,21,22,23). The minimum atomic E-state index is -0.743. The Bertz CT molecular complexity index is 1310. The summed E-state index contributed by atoms with van der Waals surface area (Å²) >= 11 is 0. The van der Waals surface area contributed by atoms with Gasteiger partial charge in [-0.1, -0.05) is 6.07 Å². The molecule has 0 saturated carbocycles. The number of aromatic amines is 1. The number of methoxy groups -OCH3 is 1. The van der Waals surface area contributed by atoms with Crippen LogP contribution in [0.3, 0.4) is 0 Å². The van der Waals surface area contributed by atoms with E-state index in [2.05, 4.69) is 20.6 Å². The van der Waals surface area contributed by atoms with Crippen LogP contribution < -0.4 is 11.2 Å². The molecule has 0 unspecified atom stereocenters. The van der Waals surface area contributed by atoms with Gasteiger partial charge in [-0.3, -0.25) is 4.79 Å². The van der Waals surface area contributed by atoms with Crippen molar-refractivity contribution in [3.63, 3.8) is 0 Å². The van der Waals surface area contributed by atoms with Crippen LogP contribution in [-0.4, -0.2) is 38.3 Å². The number of tetrazole rings is 1. The molecular weight excluding hydrogens is 366 g/mol. The predicted octanol–water partition coefficient (Wildman–Crippen LogP) is 1.00. The number of nitrogens with two attached hydrogens (primary N) is 1. The van der Waals surface area contributed by atoms with Gasteiger partial charge in [0, 0.05) is 12.3 Å². The average Bonchev–Trinajstić information content (AvgIpc) is 3.35. The molecular formula is C17H11N7O4. The normalized spacial score (nSPS) is 10.7. The number of aromatic nitrogens is 5. The number of para-hydroxylation sites is 1. The molecule has 0 atom stereocenters. The van der Waals surface area contributed by atoms with Gasteiger partial charge in [0.15, 0.2) is 22.5 Å². The maximum atomic E-state index is 12.6. The third kappa shape index (κ3) is 2.48. The summed E-state index contributed by atoms with van der Waals surface area (Å²) in [5.41, 5.74) is 6.04. The predicted molar refractivity (Wildman–Crippen MR) is 95.4 cm³/mol. The lowest BCUT2D eigenvalue weighted by molar-refractivity contribution is 0.0593. The van der Waals surface area contributed by atoms with E-state index in [1.54, 1.807) is 18.2 Å². The van der Waals surface area contributed by atoms with Crippen LogP contribution in [0, 0.1) is 11.3 Å². The van der Waals surface area contributed by atoms with Crippen molar-refractivity contribution in [1.82, 2.24) is 25.2 Å². The molecule has 0 aliphatic rings. The number of nitrogens with zero attached hydrogens (tertiary/aromatic N) is 5. The van der Waals surface area contributed by atoms with Crippen molar-refractivity contribution in [1.29, 1.82) is 5.26 Å². The van der Waals surface area contributed by atoms with Gasteiger partial charge in [0.1, 0.15) is 6.07 Å². The van der Waals surface area contributed by atoms with Crippen molar-refractivity contribution in [3.05, 3.63) is 51.9 Å². The molecule has 0 amide bonds.